The summed E-state index contributed by atoms with van der Waals surface area (Å²) < 4.78 is 0. The van der Waals surface area contributed by atoms with Gasteiger partial charge in [-0.2, -0.15) is 0 Å². The molecule has 1 aliphatic carbocycles. The van der Waals surface area contributed by atoms with Crippen LogP contribution in [0.1, 0.15) is 53.2 Å². The fourth-order valence-electron chi connectivity index (χ4n) is 4.00. The van der Waals surface area contributed by atoms with Crippen molar-refractivity contribution in [3.05, 3.63) is 59.4 Å². The number of hydrogen-bond donors (Lipinski definition) is 2. The van der Waals surface area contributed by atoms with E-state index in [-0.39, 0.29) is 17.9 Å². The summed E-state index contributed by atoms with van der Waals surface area (Å²) in [7, 11) is 0. The van der Waals surface area contributed by atoms with E-state index in [1.54, 1.807) is 0 Å². The molecule has 1 aromatic heterocycles. The van der Waals surface area contributed by atoms with Crippen molar-refractivity contribution in [3.63, 3.8) is 0 Å². The summed E-state index contributed by atoms with van der Waals surface area (Å²) in [5.41, 5.74) is 2.70. The van der Waals surface area contributed by atoms with E-state index in [0.717, 1.165) is 36.2 Å². The molecular formula is C20H24N2O2. The average molecular weight is 324 g/mol. The van der Waals surface area contributed by atoms with Gasteiger partial charge >= 0.3 is 0 Å². The van der Waals surface area contributed by atoms with Gasteiger partial charge in [0.15, 0.2) is 0 Å². The highest BCUT2D eigenvalue weighted by atomic mass is 16.3. The number of hydrogen-bond acceptors (Lipinski definition) is 2. The summed E-state index contributed by atoms with van der Waals surface area (Å²) in [4.78, 5) is 18.3. The van der Waals surface area contributed by atoms with Gasteiger partial charge in [-0.1, -0.05) is 30.3 Å². The molecule has 2 heterocycles. The van der Waals surface area contributed by atoms with Crippen molar-refractivity contribution in [2.24, 2.45) is 0 Å². The van der Waals surface area contributed by atoms with Gasteiger partial charge in [0.1, 0.15) is 0 Å². The van der Waals surface area contributed by atoms with E-state index >= 15 is 0 Å². The highest BCUT2D eigenvalue weighted by Gasteiger charge is 2.39. The van der Waals surface area contributed by atoms with Crippen molar-refractivity contribution in [3.8, 4) is 0 Å². The van der Waals surface area contributed by atoms with Gasteiger partial charge in [0.25, 0.3) is 5.91 Å². The van der Waals surface area contributed by atoms with E-state index in [4.69, 9.17) is 0 Å². The van der Waals surface area contributed by atoms with Gasteiger partial charge in [0.2, 0.25) is 0 Å². The molecule has 2 aliphatic rings. The molecule has 4 heteroatoms. The Labute approximate surface area is 142 Å². The lowest BCUT2D eigenvalue weighted by molar-refractivity contribution is 0.0542. The van der Waals surface area contributed by atoms with Crippen LogP contribution in [0.4, 0.5) is 0 Å². The van der Waals surface area contributed by atoms with Crippen LogP contribution in [0.5, 0.6) is 0 Å². The lowest BCUT2D eigenvalue weighted by Crippen LogP contribution is -2.50. The zero-order valence-corrected chi connectivity index (χ0v) is 13.9. The number of carbonyl (C=O) groups excluding carboxylic acids is 1. The molecule has 0 bridgehead atoms. The number of H-pyrrole nitrogens is 1. The maximum atomic E-state index is 13.1. The minimum atomic E-state index is -0.342. The Balaban J connectivity index is 1.60. The first-order chi connectivity index (χ1) is 11.7. The first-order valence-electron chi connectivity index (χ1n) is 8.86. The Bertz CT molecular complexity index is 720. The third-order valence-electron chi connectivity index (χ3n) is 5.55. The molecule has 4 nitrogen and oxygen atoms in total. The number of aliphatic hydroxyl groups excluding tert-OH is 1. The molecule has 2 aromatic rings. The molecule has 1 amide bonds. The number of likely N-dealkylation sites (tertiary alicyclic amines) is 1. The Hall–Kier alpha value is -2.07. The van der Waals surface area contributed by atoms with E-state index in [1.807, 2.05) is 35.4 Å². The van der Waals surface area contributed by atoms with E-state index in [1.165, 1.54) is 12.8 Å². The zero-order valence-electron chi connectivity index (χ0n) is 13.9. The molecule has 1 atom stereocenters. The molecule has 1 aromatic carbocycles. The van der Waals surface area contributed by atoms with Crippen LogP contribution in [0.25, 0.3) is 0 Å². The SMILES string of the molecule is O=C(c1cc[nH]c1C1CC1)N1CCCC(CO)(c2ccccc2)C1. The third kappa shape index (κ3) is 2.65. The molecule has 1 aliphatic heterocycles. The van der Waals surface area contributed by atoms with Crippen molar-refractivity contribution in [1.29, 1.82) is 0 Å². The molecule has 2 fully saturated rings. The molecular weight excluding hydrogens is 300 g/mol. The summed E-state index contributed by atoms with van der Waals surface area (Å²) in [5.74, 6) is 0.632. The van der Waals surface area contributed by atoms with Crippen LogP contribution in [-0.2, 0) is 5.41 Å². The molecule has 1 saturated heterocycles. The quantitative estimate of drug-likeness (QED) is 0.908. The number of carbonyl (C=O) groups is 1. The van der Waals surface area contributed by atoms with Crippen molar-refractivity contribution in [2.45, 2.75) is 37.0 Å². The summed E-state index contributed by atoms with van der Waals surface area (Å²) in [6.45, 7) is 1.42. The molecule has 1 saturated carbocycles. The van der Waals surface area contributed by atoms with E-state index in [9.17, 15) is 9.90 Å². The number of aromatic nitrogens is 1. The molecule has 0 spiro atoms. The van der Waals surface area contributed by atoms with E-state index in [2.05, 4.69) is 17.1 Å². The monoisotopic (exact) mass is 324 g/mol. The Kier molecular flexibility index (Phi) is 3.93. The van der Waals surface area contributed by atoms with Gasteiger partial charge in [0.05, 0.1) is 12.2 Å². The van der Waals surface area contributed by atoms with E-state index < -0.39 is 0 Å². The second kappa shape index (κ2) is 6.10. The molecule has 1 unspecified atom stereocenters. The Morgan fingerprint density at radius 2 is 2.04 bits per heavy atom. The fraction of sp³-hybridized carbons (Fsp3) is 0.450. The predicted molar refractivity (Wildman–Crippen MR) is 93.1 cm³/mol. The highest BCUT2D eigenvalue weighted by Crippen LogP contribution is 2.41. The molecule has 2 N–H and O–H groups in total. The van der Waals surface area contributed by atoms with Crippen LogP contribution in [0.3, 0.4) is 0 Å². The number of benzene rings is 1. The standard InChI is InChI=1S/C20H24N2O2/c23-14-20(16-5-2-1-3-6-16)10-4-12-22(13-20)19(24)17-9-11-21-18(17)15-7-8-15/h1-3,5-6,9,11,15,21,23H,4,7-8,10,12-14H2. The van der Waals surface area contributed by atoms with Crippen molar-refractivity contribution in [1.82, 2.24) is 9.88 Å². The number of aromatic amines is 1. The van der Waals surface area contributed by atoms with Gasteiger partial charge in [-0.25, -0.2) is 0 Å². The number of aliphatic hydroxyl groups is 1. The molecule has 4 rings (SSSR count). The van der Waals surface area contributed by atoms with Crippen LogP contribution in [0.2, 0.25) is 0 Å². The van der Waals surface area contributed by atoms with Gasteiger partial charge < -0.3 is 15.0 Å². The molecule has 0 radical (unpaired) electrons. The Morgan fingerprint density at radius 1 is 1.25 bits per heavy atom. The van der Waals surface area contributed by atoms with Gasteiger partial charge in [-0.15, -0.1) is 0 Å². The maximum Gasteiger partial charge on any atom is 0.255 e. The van der Waals surface area contributed by atoms with Crippen molar-refractivity contribution < 1.29 is 9.90 Å². The number of rotatable bonds is 4. The minimum absolute atomic E-state index is 0.0728. The third-order valence-corrected chi connectivity index (χ3v) is 5.55. The summed E-state index contributed by atoms with van der Waals surface area (Å²) in [5, 5.41) is 10.1. The van der Waals surface area contributed by atoms with Crippen LogP contribution in [0.15, 0.2) is 42.6 Å². The molecule has 126 valence electrons. The maximum absolute atomic E-state index is 13.1. The smallest absolute Gasteiger partial charge is 0.255 e. The van der Waals surface area contributed by atoms with Gasteiger partial charge in [-0.05, 0) is 43.2 Å². The first kappa shape index (κ1) is 15.5. The number of nitrogens with zero attached hydrogens (tertiary/aromatic N) is 1. The van der Waals surface area contributed by atoms with Crippen molar-refractivity contribution in [2.75, 3.05) is 19.7 Å². The highest BCUT2D eigenvalue weighted by molar-refractivity contribution is 5.96. The summed E-state index contributed by atoms with van der Waals surface area (Å²) >= 11 is 0. The Morgan fingerprint density at radius 3 is 2.75 bits per heavy atom. The zero-order chi connectivity index (χ0) is 16.6. The lowest BCUT2D eigenvalue weighted by Gasteiger charge is -2.42. The largest absolute Gasteiger partial charge is 0.395 e. The average Bonchev–Trinajstić information content (AvgIpc) is 3.38. The van der Waals surface area contributed by atoms with Crippen LogP contribution in [-0.4, -0.2) is 40.6 Å². The van der Waals surface area contributed by atoms with Crippen LogP contribution >= 0.6 is 0 Å². The number of nitrogens with one attached hydrogen (secondary N) is 1. The lowest BCUT2D eigenvalue weighted by atomic mass is 9.74. The normalized spacial score (nSPS) is 24.1. The second-order valence-corrected chi connectivity index (χ2v) is 7.21. The predicted octanol–water partition coefficient (Wildman–Crippen LogP) is 3.06. The minimum Gasteiger partial charge on any atom is -0.395 e. The fourth-order valence-corrected chi connectivity index (χ4v) is 4.00. The molecule has 24 heavy (non-hydrogen) atoms. The van der Waals surface area contributed by atoms with Gasteiger partial charge in [-0.3, -0.25) is 4.79 Å². The van der Waals surface area contributed by atoms with Crippen LogP contribution < -0.4 is 0 Å². The number of piperidine rings is 1. The van der Waals surface area contributed by atoms with E-state index in [0.29, 0.717) is 12.5 Å². The topological polar surface area (TPSA) is 56.3 Å². The first-order valence-corrected chi connectivity index (χ1v) is 8.86. The summed E-state index contributed by atoms with van der Waals surface area (Å²) in [6, 6.07) is 12.0. The van der Waals surface area contributed by atoms with Gasteiger partial charge in [0, 0.05) is 30.4 Å². The summed E-state index contributed by atoms with van der Waals surface area (Å²) in [6.07, 6.45) is 6.06. The van der Waals surface area contributed by atoms with Crippen LogP contribution in [0, 0.1) is 0 Å². The van der Waals surface area contributed by atoms with Crippen molar-refractivity contribution >= 4 is 5.91 Å². The number of amides is 1. The second-order valence-electron chi connectivity index (χ2n) is 7.21.